The highest BCUT2D eigenvalue weighted by molar-refractivity contribution is 5.93. The predicted octanol–water partition coefficient (Wildman–Crippen LogP) is -0.530. The first-order valence-electron chi connectivity index (χ1n) is 5.43. The number of nitrogens with two attached hydrogens (primary N) is 1. The average Bonchev–Trinajstić information content (AvgIpc) is 2.37. The molecule has 0 aromatic heterocycles. The van der Waals surface area contributed by atoms with Gasteiger partial charge in [0.25, 0.3) is 5.69 Å². The molecule has 0 bridgehead atoms. The summed E-state index contributed by atoms with van der Waals surface area (Å²) in [6, 6.07) is 3.19. The highest BCUT2D eigenvalue weighted by Crippen LogP contribution is 2.25. The molecular formula is C11H14N2O6. The van der Waals surface area contributed by atoms with Gasteiger partial charge in [0.1, 0.15) is 6.10 Å². The zero-order chi connectivity index (χ0) is 14.6. The molecule has 1 rings (SSSR count). The zero-order valence-corrected chi connectivity index (χ0v) is 9.89. The minimum atomic E-state index is -1.45. The van der Waals surface area contributed by atoms with Crippen molar-refractivity contribution in [3.8, 4) is 0 Å². The number of carbonyl (C=O) groups excluding carboxylic acids is 1. The standard InChI is InChI=1S/C11H14N2O6/c12-11(17)7-3-6(4-8(5-7)13(18)19)10(16)9(15)1-2-14/h3-5,9-10,14-16H,1-2H2,(H2,12,17). The summed E-state index contributed by atoms with van der Waals surface area (Å²) in [6.07, 6.45) is -2.85. The fourth-order valence-corrected chi connectivity index (χ4v) is 1.57. The Morgan fingerprint density at radius 1 is 1.37 bits per heavy atom. The van der Waals surface area contributed by atoms with Gasteiger partial charge in [-0.25, -0.2) is 0 Å². The van der Waals surface area contributed by atoms with Crippen LogP contribution in [0.1, 0.15) is 28.4 Å². The summed E-state index contributed by atoms with van der Waals surface area (Å²) < 4.78 is 0. The Labute approximate surface area is 108 Å². The Morgan fingerprint density at radius 3 is 2.47 bits per heavy atom. The van der Waals surface area contributed by atoms with Crippen LogP contribution in [0.2, 0.25) is 0 Å². The van der Waals surface area contributed by atoms with Gasteiger partial charge in [-0.1, -0.05) is 0 Å². The van der Waals surface area contributed by atoms with E-state index in [9.17, 15) is 25.1 Å². The van der Waals surface area contributed by atoms with E-state index >= 15 is 0 Å². The van der Waals surface area contributed by atoms with Gasteiger partial charge in [0.05, 0.1) is 11.0 Å². The van der Waals surface area contributed by atoms with Crippen LogP contribution in [-0.4, -0.2) is 38.9 Å². The maximum Gasteiger partial charge on any atom is 0.270 e. The molecule has 0 fully saturated rings. The Bertz CT molecular complexity index is 458. The number of primary amides is 1. The number of amides is 1. The molecule has 0 heterocycles. The molecule has 0 aliphatic rings. The lowest BCUT2D eigenvalue weighted by Gasteiger charge is -2.17. The van der Waals surface area contributed by atoms with Crippen LogP contribution in [0, 0.1) is 10.1 Å². The molecule has 0 aliphatic heterocycles. The molecule has 1 amide bonds. The van der Waals surface area contributed by atoms with Gasteiger partial charge in [-0.15, -0.1) is 0 Å². The van der Waals surface area contributed by atoms with Crippen molar-refractivity contribution in [1.29, 1.82) is 0 Å². The fourth-order valence-electron chi connectivity index (χ4n) is 1.57. The minimum absolute atomic E-state index is 0.0102. The Morgan fingerprint density at radius 2 is 2.00 bits per heavy atom. The molecular weight excluding hydrogens is 256 g/mol. The molecule has 8 nitrogen and oxygen atoms in total. The van der Waals surface area contributed by atoms with Crippen molar-refractivity contribution in [3.63, 3.8) is 0 Å². The van der Waals surface area contributed by atoms with Crippen molar-refractivity contribution >= 4 is 11.6 Å². The zero-order valence-electron chi connectivity index (χ0n) is 9.89. The van der Waals surface area contributed by atoms with E-state index in [1.54, 1.807) is 0 Å². The lowest BCUT2D eigenvalue weighted by atomic mass is 9.99. The summed E-state index contributed by atoms with van der Waals surface area (Å²) in [7, 11) is 0. The molecule has 1 aromatic rings. The van der Waals surface area contributed by atoms with Gasteiger partial charge in [-0.05, 0) is 18.1 Å². The quantitative estimate of drug-likeness (QED) is 0.403. The average molecular weight is 270 g/mol. The van der Waals surface area contributed by atoms with Crippen LogP contribution in [0.4, 0.5) is 5.69 Å². The van der Waals surface area contributed by atoms with Crippen LogP contribution < -0.4 is 5.73 Å². The third-order valence-electron chi connectivity index (χ3n) is 2.57. The summed E-state index contributed by atoms with van der Waals surface area (Å²) in [6.45, 7) is -0.351. The van der Waals surface area contributed by atoms with Gasteiger partial charge in [0.15, 0.2) is 0 Å². The number of non-ortho nitro benzene ring substituents is 1. The molecule has 5 N–H and O–H groups in total. The maximum absolute atomic E-state index is 11.1. The smallest absolute Gasteiger partial charge is 0.270 e. The molecule has 1 aromatic carbocycles. The van der Waals surface area contributed by atoms with Gasteiger partial charge < -0.3 is 21.1 Å². The van der Waals surface area contributed by atoms with E-state index in [1.807, 2.05) is 0 Å². The van der Waals surface area contributed by atoms with Crippen LogP contribution in [0.25, 0.3) is 0 Å². The number of aliphatic hydroxyl groups is 3. The van der Waals surface area contributed by atoms with Crippen LogP contribution in [0.3, 0.4) is 0 Å². The topological polar surface area (TPSA) is 147 Å². The van der Waals surface area contributed by atoms with Crippen LogP contribution in [-0.2, 0) is 0 Å². The number of benzene rings is 1. The van der Waals surface area contributed by atoms with Crippen molar-refractivity contribution in [2.24, 2.45) is 5.73 Å². The van der Waals surface area contributed by atoms with Crippen LogP contribution >= 0.6 is 0 Å². The van der Waals surface area contributed by atoms with Gasteiger partial charge in [-0.3, -0.25) is 14.9 Å². The summed E-state index contributed by atoms with van der Waals surface area (Å²) in [5, 5.41) is 38.7. The fraction of sp³-hybridized carbons (Fsp3) is 0.364. The number of rotatable bonds is 6. The molecule has 2 atom stereocenters. The van der Waals surface area contributed by atoms with E-state index in [0.29, 0.717) is 0 Å². The first kappa shape index (κ1) is 15.0. The molecule has 2 unspecified atom stereocenters. The normalized spacial score (nSPS) is 13.8. The van der Waals surface area contributed by atoms with Crippen molar-refractivity contribution in [2.75, 3.05) is 6.61 Å². The first-order valence-corrected chi connectivity index (χ1v) is 5.43. The third-order valence-corrected chi connectivity index (χ3v) is 2.57. The summed E-state index contributed by atoms with van der Waals surface area (Å²) in [5.74, 6) is -0.881. The number of nitro benzene ring substituents is 1. The monoisotopic (exact) mass is 270 g/mol. The van der Waals surface area contributed by atoms with E-state index < -0.39 is 28.7 Å². The Kier molecular flexibility index (Phi) is 4.93. The highest BCUT2D eigenvalue weighted by Gasteiger charge is 2.22. The van der Waals surface area contributed by atoms with Crippen molar-refractivity contribution in [1.82, 2.24) is 0 Å². The SMILES string of the molecule is NC(=O)c1cc(C(O)C(O)CCO)cc([N+](=O)[O-])c1. The van der Waals surface area contributed by atoms with Crippen LogP contribution in [0.15, 0.2) is 18.2 Å². The minimum Gasteiger partial charge on any atom is -0.396 e. The molecule has 8 heteroatoms. The number of nitrogens with zero attached hydrogens (tertiary/aromatic N) is 1. The molecule has 0 aliphatic carbocycles. The molecule has 0 saturated heterocycles. The number of hydrogen-bond acceptors (Lipinski definition) is 6. The number of hydrogen-bond donors (Lipinski definition) is 4. The molecule has 104 valence electrons. The van der Waals surface area contributed by atoms with Crippen molar-refractivity contribution in [3.05, 3.63) is 39.4 Å². The van der Waals surface area contributed by atoms with Crippen LogP contribution in [0.5, 0.6) is 0 Å². The molecule has 0 saturated carbocycles. The maximum atomic E-state index is 11.1. The van der Waals surface area contributed by atoms with E-state index in [0.717, 1.165) is 12.1 Å². The number of carbonyl (C=O) groups is 1. The lowest BCUT2D eigenvalue weighted by Crippen LogP contribution is -2.20. The summed E-state index contributed by atoms with van der Waals surface area (Å²) in [4.78, 5) is 21.0. The second kappa shape index (κ2) is 6.23. The number of nitro groups is 1. The molecule has 0 radical (unpaired) electrons. The van der Waals surface area contributed by atoms with Gasteiger partial charge >= 0.3 is 0 Å². The van der Waals surface area contributed by atoms with E-state index in [2.05, 4.69) is 0 Å². The van der Waals surface area contributed by atoms with Gasteiger partial charge in [-0.2, -0.15) is 0 Å². The predicted molar refractivity (Wildman–Crippen MR) is 64.3 cm³/mol. The van der Waals surface area contributed by atoms with E-state index in [4.69, 9.17) is 10.8 Å². The Balaban J connectivity index is 3.19. The second-order valence-electron chi connectivity index (χ2n) is 3.96. The van der Waals surface area contributed by atoms with Gasteiger partial charge in [0.2, 0.25) is 5.91 Å². The summed E-state index contributed by atoms with van der Waals surface area (Å²) >= 11 is 0. The van der Waals surface area contributed by atoms with E-state index in [-0.39, 0.29) is 24.2 Å². The summed E-state index contributed by atoms with van der Waals surface area (Å²) in [5.41, 5.74) is 4.48. The van der Waals surface area contributed by atoms with Gasteiger partial charge in [0, 0.05) is 24.3 Å². The number of aliphatic hydroxyl groups excluding tert-OH is 3. The van der Waals surface area contributed by atoms with E-state index in [1.165, 1.54) is 6.07 Å². The van der Waals surface area contributed by atoms with Crippen molar-refractivity contribution in [2.45, 2.75) is 18.6 Å². The van der Waals surface area contributed by atoms with Crippen molar-refractivity contribution < 1.29 is 25.0 Å². The second-order valence-corrected chi connectivity index (χ2v) is 3.96. The molecule has 0 spiro atoms. The molecule has 19 heavy (non-hydrogen) atoms. The Hall–Kier alpha value is -2.03. The lowest BCUT2D eigenvalue weighted by molar-refractivity contribution is -0.385. The largest absolute Gasteiger partial charge is 0.396 e. The first-order chi connectivity index (χ1) is 8.86. The third kappa shape index (κ3) is 3.71. The highest BCUT2D eigenvalue weighted by atomic mass is 16.6.